The average Bonchev–Trinajstić information content (AvgIpc) is 0.778. The lowest BCUT2D eigenvalue weighted by Gasteiger charge is -2.29. The van der Waals surface area contributed by atoms with Crippen LogP contribution in [-0.2, 0) is 86.5 Å². The van der Waals surface area contributed by atoms with Gasteiger partial charge in [-0.2, -0.15) is 0 Å². The molecule has 1 aliphatic heterocycles. The van der Waals surface area contributed by atoms with Crippen molar-refractivity contribution in [3.8, 4) is 23.0 Å². The molecule has 22 heteroatoms. The Morgan fingerprint density at radius 1 is 0.426 bits per heavy atom. The van der Waals surface area contributed by atoms with Gasteiger partial charge in [0, 0.05) is 62.8 Å². The van der Waals surface area contributed by atoms with Crippen LogP contribution in [0.25, 0.3) is 0 Å². The molecule has 10 bridgehead atoms. The third-order valence-corrected chi connectivity index (χ3v) is 19.4. The summed E-state index contributed by atoms with van der Waals surface area (Å²) in [6.07, 6.45) is 2.38. The Labute approximate surface area is 553 Å². The molecule has 6 aromatic carbocycles. The number of non-ortho nitro benzene ring substituents is 2. The van der Waals surface area contributed by atoms with Gasteiger partial charge in [-0.05, 0) is 138 Å². The monoisotopic (exact) mass is 1330 g/mol. The summed E-state index contributed by atoms with van der Waals surface area (Å²) in [4.78, 5) is 47.2. The molecule has 1 aliphatic carbocycles. The number of nitro groups is 2. The fourth-order valence-electron chi connectivity index (χ4n) is 11.2. The Balaban J connectivity index is 1.27. The quantitative estimate of drug-likeness (QED) is 0.0459. The minimum Gasteiger partial charge on any atom is -0.493 e. The Bertz CT molecular complexity index is 3730. The van der Waals surface area contributed by atoms with Crippen molar-refractivity contribution in [3.63, 3.8) is 0 Å². The van der Waals surface area contributed by atoms with Gasteiger partial charge in [-0.3, -0.25) is 29.8 Å². The first kappa shape index (κ1) is 71.9. The van der Waals surface area contributed by atoms with Gasteiger partial charge in [-0.25, -0.2) is 26.3 Å². The zero-order valence-electron chi connectivity index (χ0n) is 56.2. The van der Waals surface area contributed by atoms with Gasteiger partial charge in [0.05, 0.1) is 59.3 Å². The van der Waals surface area contributed by atoms with Crippen molar-refractivity contribution >= 4 is 43.2 Å². The Hall–Kier alpha value is -7.92. The normalized spacial score (nSPS) is 14.4. The lowest BCUT2D eigenvalue weighted by Crippen LogP contribution is -2.30. The minimum atomic E-state index is -4.32. The molecule has 0 radical (unpaired) electrons. The van der Waals surface area contributed by atoms with E-state index >= 15 is 0 Å². The highest BCUT2D eigenvalue weighted by Gasteiger charge is 2.31. The van der Waals surface area contributed by atoms with Crippen LogP contribution in [0.5, 0.6) is 23.0 Å². The van der Waals surface area contributed by atoms with Crippen LogP contribution in [0.1, 0.15) is 188 Å². The van der Waals surface area contributed by atoms with E-state index in [1.54, 1.807) is 0 Å². The molecule has 0 fully saturated rings. The number of nitrogens with one attached hydrogen (secondary N) is 2. The zero-order chi connectivity index (χ0) is 68.6. The number of nitrogens with zero attached hydrogens (tertiary/aromatic N) is 2. The topological polar surface area (TPSA) is 268 Å². The van der Waals surface area contributed by atoms with E-state index in [1.807, 2.05) is 0 Å². The molecule has 1 heterocycles. The summed E-state index contributed by atoms with van der Waals surface area (Å²) in [6, 6.07) is 26.4. The second kappa shape index (κ2) is 29.8. The van der Waals surface area contributed by atoms with E-state index in [4.69, 9.17) is 28.4 Å². The summed E-state index contributed by atoms with van der Waals surface area (Å²) in [6.45, 7) is 28.4. The second-order valence-electron chi connectivity index (χ2n) is 28.3. The lowest BCUT2D eigenvalue weighted by molar-refractivity contribution is -0.385. The Kier molecular flexibility index (Phi) is 22.8. The van der Waals surface area contributed by atoms with E-state index in [0.717, 1.165) is 127 Å². The molecular weight excluding hydrogens is 1240 g/mol. The lowest BCUT2D eigenvalue weighted by atomic mass is 9.79. The first-order valence-electron chi connectivity index (χ1n) is 32.0. The van der Waals surface area contributed by atoms with Crippen LogP contribution < -0.4 is 28.4 Å². The summed E-state index contributed by atoms with van der Waals surface area (Å²) in [5.74, 6) is 1.22. The molecule has 94 heavy (non-hydrogen) atoms. The Morgan fingerprint density at radius 3 is 0.979 bits per heavy atom. The van der Waals surface area contributed by atoms with E-state index in [-0.39, 0.29) is 94.9 Å². The molecule has 0 aromatic heterocycles. The van der Waals surface area contributed by atoms with Crippen LogP contribution in [0.3, 0.4) is 0 Å². The first-order valence-corrected chi connectivity index (χ1v) is 35.0. The van der Waals surface area contributed by atoms with E-state index in [9.17, 15) is 46.7 Å². The fraction of sp³-hybridized carbons (Fsp3) is 0.472. The van der Waals surface area contributed by atoms with Crippen molar-refractivity contribution in [3.05, 3.63) is 184 Å². The van der Waals surface area contributed by atoms with Gasteiger partial charge < -0.3 is 28.4 Å². The maximum Gasteiger partial charge on any atom is 0.269 e. The summed E-state index contributed by atoms with van der Waals surface area (Å²) in [5.41, 5.74) is 9.63. The highest BCUT2D eigenvalue weighted by molar-refractivity contribution is 7.90. The number of hydrogen-bond donors (Lipinski definition) is 2. The Morgan fingerprint density at radius 2 is 0.691 bits per heavy atom. The van der Waals surface area contributed by atoms with E-state index in [1.165, 1.54) is 0 Å². The molecule has 506 valence electrons. The third-order valence-electron chi connectivity index (χ3n) is 16.6. The number of carbonyl (C=O) groups excluding carboxylic acids is 2. The van der Waals surface area contributed by atoms with Crippen molar-refractivity contribution in [1.29, 1.82) is 0 Å². The van der Waals surface area contributed by atoms with Gasteiger partial charge in [-0.15, -0.1) is 0 Å². The highest BCUT2D eigenvalue weighted by Crippen LogP contribution is 2.45. The predicted octanol–water partition coefficient (Wildman–Crippen LogP) is 13.3. The molecule has 0 atom stereocenters. The number of fused-ring (bicyclic) bond motifs is 4. The number of amides is 2. The second-order valence-corrected chi connectivity index (χ2v) is 31.7. The number of carbonyl (C=O) groups is 2. The molecular formula is C72H90N4O16S2. The summed E-state index contributed by atoms with van der Waals surface area (Å²) in [7, 11) is -8.65. The van der Waals surface area contributed by atoms with Crippen LogP contribution in [0.15, 0.2) is 107 Å². The predicted molar refractivity (Wildman–Crippen MR) is 360 cm³/mol. The molecule has 0 saturated heterocycles. The van der Waals surface area contributed by atoms with E-state index < -0.39 is 41.7 Å². The molecule has 2 aliphatic rings. The molecule has 0 unspecified atom stereocenters. The van der Waals surface area contributed by atoms with Crippen LogP contribution >= 0.6 is 0 Å². The number of rotatable bonds is 18. The number of benzene rings is 6. The summed E-state index contributed by atoms with van der Waals surface area (Å²) in [5, 5.41) is 22.5. The van der Waals surface area contributed by atoms with Crippen LogP contribution in [-0.4, -0.2) is 91.4 Å². The van der Waals surface area contributed by atoms with Gasteiger partial charge in [0.1, 0.15) is 36.2 Å². The zero-order valence-corrected chi connectivity index (χ0v) is 57.8. The number of hydrogen-bond acceptors (Lipinski definition) is 16. The number of ether oxygens (including phenoxy) is 6. The maximum atomic E-state index is 13.3. The van der Waals surface area contributed by atoms with Gasteiger partial charge in [0.2, 0.25) is 11.8 Å². The first-order chi connectivity index (χ1) is 44.1. The van der Waals surface area contributed by atoms with Gasteiger partial charge in [0.15, 0.2) is 0 Å². The van der Waals surface area contributed by atoms with Gasteiger partial charge >= 0.3 is 0 Å². The molecule has 6 aromatic rings. The standard InChI is InChI=1S/C72H90N4O16S2/c1-69(2,3)55-39-47-35-48-40-56(70(4,5)6)42-50(66(48)90-28-16-14-18-64(78)74-94(85,86)62-25-21-60(22-26-62)76(81)82)37-52-44-58(72(10,11)12)46-54-38-53-45-57(71(7,8)9)43-51(67(53)91-33-31-87-29-30-88-32-34-92-68(52)54)36-49(41-55)65(47)89-27-15-13-17-63(77)73-93(83,84)61-23-19-59(20-24-61)75(79)80/h19-26,39-46H,13-18,27-38H2,1-12H3,(H,73,77)(H,74,78). The van der Waals surface area contributed by atoms with Gasteiger partial charge in [0.25, 0.3) is 31.4 Å². The number of nitro benzene ring substituents is 2. The summed E-state index contributed by atoms with van der Waals surface area (Å²) < 4.78 is 97.5. The van der Waals surface area contributed by atoms with Crippen molar-refractivity contribution in [2.75, 3.05) is 52.9 Å². The SMILES string of the molecule is CC(C)(C)c1cc2c(OCCCCC(=O)NS(=O)(=O)c3ccc([N+](=O)[O-])cc3)c(c1)Cc1cc(C(C)(C)C)cc3c1OCCOCCOCCOc1c(cc(C(C)(C)C)cc1C3)Cc1cc(C(C)(C)C)cc(c1OCCCCC(=O)NS(=O)(=O)c1ccc([N+](=O)[O-])cc1)C2. The average molecular weight is 1330 g/mol. The van der Waals surface area contributed by atoms with Crippen molar-refractivity contribution in [2.45, 2.75) is 179 Å². The molecule has 0 spiro atoms. The largest absolute Gasteiger partial charge is 0.493 e. The molecule has 20 nitrogen and oxygen atoms in total. The van der Waals surface area contributed by atoms with Crippen LogP contribution in [0.4, 0.5) is 11.4 Å². The highest BCUT2D eigenvalue weighted by atomic mass is 32.2. The van der Waals surface area contributed by atoms with Crippen LogP contribution in [0.2, 0.25) is 0 Å². The van der Waals surface area contributed by atoms with Crippen molar-refractivity contribution < 1.29 is 64.7 Å². The fourth-order valence-corrected chi connectivity index (χ4v) is 13.3. The molecule has 2 N–H and O–H groups in total. The van der Waals surface area contributed by atoms with Crippen molar-refractivity contribution in [2.24, 2.45) is 0 Å². The van der Waals surface area contributed by atoms with Crippen molar-refractivity contribution in [1.82, 2.24) is 9.44 Å². The molecule has 8 rings (SSSR count). The van der Waals surface area contributed by atoms with Crippen LogP contribution in [0, 0.1) is 20.2 Å². The minimum absolute atomic E-state index is 0.141. The third kappa shape index (κ3) is 18.9. The maximum absolute atomic E-state index is 13.3. The number of unbranched alkanes of at least 4 members (excludes halogenated alkanes) is 2. The molecule has 2 amide bonds. The van der Waals surface area contributed by atoms with E-state index in [0.29, 0.717) is 76.5 Å². The smallest absolute Gasteiger partial charge is 0.269 e. The van der Waals surface area contributed by atoms with E-state index in [2.05, 4.69) is 141 Å². The molecule has 0 saturated carbocycles. The van der Waals surface area contributed by atoms with Gasteiger partial charge in [-0.1, -0.05) is 132 Å². The number of sulfonamides is 2. The summed E-state index contributed by atoms with van der Waals surface area (Å²) >= 11 is 0.